The third-order valence-corrected chi connectivity index (χ3v) is 12.9. The summed E-state index contributed by atoms with van der Waals surface area (Å²) in [5, 5.41) is 0. The van der Waals surface area contributed by atoms with Crippen LogP contribution in [0.4, 0.5) is 0 Å². The minimum atomic E-state index is -2.87. The van der Waals surface area contributed by atoms with Gasteiger partial charge < -0.3 is 9.42 Å². The second-order valence-electron chi connectivity index (χ2n) is 12.7. The summed E-state index contributed by atoms with van der Waals surface area (Å²) in [5.74, 6) is 0.887. The zero-order valence-electron chi connectivity index (χ0n) is 29.1. The molecule has 0 radical (unpaired) electrons. The average Bonchev–Trinajstić information content (AvgIpc) is 2.96. The molecule has 1 atom stereocenters. The molecule has 0 fully saturated rings. The fourth-order valence-corrected chi connectivity index (χ4v) is 9.07. The summed E-state index contributed by atoms with van der Waals surface area (Å²) in [6, 6.07) is 0. The van der Waals surface area contributed by atoms with Gasteiger partial charge in [0.05, 0.1) is 6.61 Å². The summed E-state index contributed by atoms with van der Waals surface area (Å²) in [7, 11) is 0. The van der Waals surface area contributed by atoms with E-state index >= 15 is 0 Å². The van der Waals surface area contributed by atoms with Gasteiger partial charge in [-0.25, -0.2) is 0 Å². The third kappa shape index (κ3) is 40.6. The van der Waals surface area contributed by atoms with E-state index in [1.807, 2.05) is 0 Å². The van der Waals surface area contributed by atoms with Crippen molar-refractivity contribution in [3.63, 3.8) is 0 Å². The molecular formula is C36H74KO2PS2. The van der Waals surface area contributed by atoms with Gasteiger partial charge in [0, 0.05) is 5.69 Å². The van der Waals surface area contributed by atoms with Crippen LogP contribution in [0.25, 0.3) is 0 Å². The van der Waals surface area contributed by atoms with Crippen molar-refractivity contribution in [2.24, 2.45) is 0 Å². The van der Waals surface area contributed by atoms with Crippen molar-refractivity contribution in [3.8, 4) is 0 Å². The van der Waals surface area contributed by atoms with E-state index in [1.54, 1.807) is 0 Å². The molecule has 2 nitrogen and oxygen atoms in total. The Morgan fingerprint density at radius 1 is 0.429 bits per heavy atom. The van der Waals surface area contributed by atoms with E-state index in [2.05, 4.69) is 13.8 Å². The SMILES string of the molecule is CCCCCCCCCCCCCCCCCCOP([O-])(=S)SCCCCCCCCCCCCCCCCCC.[K+]. The smallest absolute Gasteiger partial charge is 0.793 e. The van der Waals surface area contributed by atoms with Gasteiger partial charge in [-0.05, 0) is 18.6 Å². The standard InChI is InChI=1S/C36H75O2PS2.K/c1-3-5-7-9-11-13-15-17-19-21-23-25-27-29-31-33-35-38-39(37,40)41-36-34-32-30-28-26-24-22-20-18-16-14-12-10-8-6-4-2;/h3-36H2,1-2H3,(H,37,40);/q;+1/p-1. The largest absolute Gasteiger partial charge is 1.00 e. The second kappa shape index (κ2) is 39.7. The van der Waals surface area contributed by atoms with E-state index in [9.17, 15) is 4.89 Å². The number of rotatable bonds is 36. The van der Waals surface area contributed by atoms with Crippen LogP contribution in [-0.4, -0.2) is 12.4 Å². The van der Waals surface area contributed by atoms with E-state index in [0.717, 1.165) is 18.6 Å². The van der Waals surface area contributed by atoms with Gasteiger partial charge in [0.15, 0.2) is 0 Å². The fraction of sp³-hybridized carbons (Fsp3) is 1.00. The van der Waals surface area contributed by atoms with Crippen molar-refractivity contribution in [3.05, 3.63) is 0 Å². The summed E-state index contributed by atoms with van der Waals surface area (Å²) >= 11 is 6.66. The molecule has 0 saturated carbocycles. The van der Waals surface area contributed by atoms with Gasteiger partial charge in [0.1, 0.15) is 0 Å². The molecule has 6 heteroatoms. The van der Waals surface area contributed by atoms with E-state index in [0.29, 0.717) is 6.61 Å². The molecule has 0 aliphatic heterocycles. The van der Waals surface area contributed by atoms with E-state index < -0.39 is 5.69 Å². The Kier molecular flexibility index (Phi) is 44.2. The summed E-state index contributed by atoms with van der Waals surface area (Å²) in [4.78, 5) is 12.5. The molecule has 42 heavy (non-hydrogen) atoms. The van der Waals surface area contributed by atoms with Crippen LogP contribution < -0.4 is 56.3 Å². The molecule has 1 unspecified atom stereocenters. The molecule has 0 saturated heterocycles. The van der Waals surface area contributed by atoms with Crippen molar-refractivity contribution < 1.29 is 60.8 Å². The van der Waals surface area contributed by atoms with Crippen LogP contribution in [0.1, 0.15) is 219 Å². The van der Waals surface area contributed by atoms with Crippen molar-refractivity contribution in [2.45, 2.75) is 219 Å². The van der Waals surface area contributed by atoms with Crippen LogP contribution in [0.3, 0.4) is 0 Å². The topological polar surface area (TPSA) is 32.3 Å². The van der Waals surface area contributed by atoms with Crippen LogP contribution in [0.2, 0.25) is 0 Å². The van der Waals surface area contributed by atoms with Gasteiger partial charge in [-0.15, -0.1) is 11.4 Å². The molecule has 0 aliphatic carbocycles. The minimum Gasteiger partial charge on any atom is -0.793 e. The van der Waals surface area contributed by atoms with Gasteiger partial charge >= 0.3 is 51.4 Å². The Morgan fingerprint density at radius 2 is 0.667 bits per heavy atom. The maximum absolute atomic E-state index is 12.5. The summed E-state index contributed by atoms with van der Waals surface area (Å²) < 4.78 is 5.61. The predicted octanol–water partition coefficient (Wildman–Crippen LogP) is 10.8. The third-order valence-electron chi connectivity index (χ3n) is 8.49. The second-order valence-corrected chi connectivity index (χ2v) is 18.9. The fourth-order valence-electron chi connectivity index (χ4n) is 5.69. The molecule has 0 amide bonds. The first-order valence-electron chi connectivity index (χ1n) is 18.7. The molecule has 0 rings (SSSR count). The van der Waals surface area contributed by atoms with Crippen molar-refractivity contribution in [1.82, 2.24) is 0 Å². The molecule has 248 valence electrons. The first-order valence-corrected chi connectivity index (χ1v) is 23.0. The van der Waals surface area contributed by atoms with Gasteiger partial charge in [0.25, 0.3) is 0 Å². The van der Waals surface area contributed by atoms with Crippen LogP contribution in [0.5, 0.6) is 0 Å². The van der Waals surface area contributed by atoms with E-state index in [1.165, 1.54) is 204 Å². The molecule has 0 bridgehead atoms. The maximum Gasteiger partial charge on any atom is 1.00 e. The van der Waals surface area contributed by atoms with E-state index in [4.69, 9.17) is 16.3 Å². The summed E-state index contributed by atoms with van der Waals surface area (Å²) in [6.45, 7) is 5.16. The van der Waals surface area contributed by atoms with Crippen molar-refractivity contribution in [1.29, 1.82) is 0 Å². The maximum atomic E-state index is 12.5. The molecule has 0 spiro atoms. The predicted molar refractivity (Wildman–Crippen MR) is 192 cm³/mol. The monoisotopic (exact) mass is 672 g/mol. The van der Waals surface area contributed by atoms with Gasteiger partial charge in [-0.1, -0.05) is 218 Å². The normalized spacial score (nSPS) is 12.8. The molecule has 0 aromatic carbocycles. The zero-order chi connectivity index (χ0) is 30.0. The number of unbranched alkanes of at least 4 members (excludes halogenated alkanes) is 30. The first kappa shape index (κ1) is 46.7. The quantitative estimate of drug-likeness (QED) is 0.0377. The Bertz CT molecular complexity index is 497. The van der Waals surface area contributed by atoms with Gasteiger partial charge in [-0.2, -0.15) is 0 Å². The molecule has 0 aromatic heterocycles. The van der Waals surface area contributed by atoms with Crippen molar-refractivity contribution >= 4 is 28.9 Å². The molecule has 0 aliphatic rings. The average molecular weight is 673 g/mol. The van der Waals surface area contributed by atoms with Crippen LogP contribution in [-0.2, 0) is 16.3 Å². The summed E-state index contributed by atoms with van der Waals surface area (Å²) in [5.41, 5.74) is -2.87. The van der Waals surface area contributed by atoms with E-state index in [-0.39, 0.29) is 51.4 Å². The molecular weight excluding hydrogens is 599 g/mol. The summed E-state index contributed by atoms with van der Waals surface area (Å²) in [6.07, 6.45) is 43.9. The van der Waals surface area contributed by atoms with Gasteiger partial charge in [-0.3, -0.25) is 0 Å². The Balaban J connectivity index is 0. The van der Waals surface area contributed by atoms with Crippen molar-refractivity contribution in [2.75, 3.05) is 12.4 Å². The molecule has 0 N–H and O–H groups in total. The number of hydrogen-bond acceptors (Lipinski definition) is 4. The first-order chi connectivity index (χ1) is 20.1. The Labute approximate surface area is 318 Å². The molecule has 0 aromatic rings. The zero-order valence-corrected chi connectivity index (χ0v) is 34.8. The molecule has 0 heterocycles. The van der Waals surface area contributed by atoms with Crippen LogP contribution in [0.15, 0.2) is 0 Å². The van der Waals surface area contributed by atoms with Crippen LogP contribution >= 0.6 is 17.1 Å². The minimum absolute atomic E-state index is 0. The van der Waals surface area contributed by atoms with Gasteiger partial charge in [0.2, 0.25) is 0 Å². The Hall–Kier alpha value is 2.56. The van der Waals surface area contributed by atoms with Crippen LogP contribution in [0, 0.1) is 0 Å². The number of hydrogen-bond donors (Lipinski definition) is 0. The Morgan fingerprint density at radius 3 is 0.952 bits per heavy atom.